The van der Waals surface area contributed by atoms with E-state index in [0.717, 1.165) is 0 Å². The number of hydrogen-bond donors (Lipinski definition) is 2. The number of aromatic nitrogens is 2. The number of aryl methyl sites for hydroxylation is 1. The number of hydrogen-bond acceptors (Lipinski definition) is 5. The van der Waals surface area contributed by atoms with Crippen LogP contribution in [0.5, 0.6) is 5.88 Å². The van der Waals surface area contributed by atoms with Gasteiger partial charge in [0.25, 0.3) is 0 Å². The van der Waals surface area contributed by atoms with E-state index >= 15 is 0 Å². The quantitative estimate of drug-likeness (QED) is 0.748. The molecule has 0 saturated carbocycles. The number of nitrogens with one attached hydrogen (secondary N) is 1. The third-order valence-corrected chi connectivity index (χ3v) is 1.52. The molecule has 1 aromatic heterocycles. The molecule has 1 heterocycles. The van der Waals surface area contributed by atoms with E-state index in [1.165, 1.54) is 6.33 Å². The molecule has 0 aliphatic heterocycles. The second kappa shape index (κ2) is 5.26. The van der Waals surface area contributed by atoms with Gasteiger partial charge in [-0.3, -0.25) is 0 Å². The van der Waals surface area contributed by atoms with Gasteiger partial charge in [-0.15, -0.1) is 0 Å². The Morgan fingerprint density at radius 2 is 2.40 bits per heavy atom. The van der Waals surface area contributed by atoms with Crippen molar-refractivity contribution in [1.29, 1.82) is 0 Å². The van der Waals surface area contributed by atoms with Crippen LogP contribution < -0.4 is 10.1 Å². The zero-order valence-electron chi connectivity index (χ0n) is 8.60. The molecule has 15 heavy (non-hydrogen) atoms. The second-order valence-electron chi connectivity index (χ2n) is 3.12. The average Bonchev–Trinajstić information content (AvgIpc) is 2.15. The zero-order chi connectivity index (χ0) is 11.3. The van der Waals surface area contributed by atoms with Crippen molar-refractivity contribution < 1.29 is 14.6 Å². The lowest BCUT2D eigenvalue weighted by Gasteiger charge is -2.07. The summed E-state index contributed by atoms with van der Waals surface area (Å²) in [4.78, 5) is 18.7. The van der Waals surface area contributed by atoms with E-state index in [4.69, 9.17) is 9.84 Å². The number of amides is 1. The number of rotatable bonds is 3. The Kier molecular flexibility index (Phi) is 3.99. The van der Waals surface area contributed by atoms with Crippen LogP contribution >= 0.6 is 0 Å². The third kappa shape index (κ3) is 4.37. The van der Waals surface area contributed by atoms with Gasteiger partial charge in [0, 0.05) is 18.3 Å². The number of carbonyl (C=O) groups excluding carboxylic acids is 1. The van der Waals surface area contributed by atoms with E-state index < -0.39 is 12.2 Å². The molecule has 6 nitrogen and oxygen atoms in total. The molecular weight excluding hydrogens is 198 g/mol. The lowest BCUT2D eigenvalue weighted by molar-refractivity contribution is 0.171. The second-order valence-corrected chi connectivity index (χ2v) is 3.12. The summed E-state index contributed by atoms with van der Waals surface area (Å²) >= 11 is 0. The molecule has 0 saturated heterocycles. The van der Waals surface area contributed by atoms with Crippen LogP contribution in [-0.4, -0.2) is 33.8 Å². The van der Waals surface area contributed by atoms with Gasteiger partial charge in [0.05, 0.1) is 6.10 Å². The lowest BCUT2D eigenvalue weighted by atomic mass is 10.4. The van der Waals surface area contributed by atoms with Gasteiger partial charge in [0.15, 0.2) is 0 Å². The van der Waals surface area contributed by atoms with Gasteiger partial charge in [0.2, 0.25) is 5.88 Å². The van der Waals surface area contributed by atoms with Crippen molar-refractivity contribution >= 4 is 6.09 Å². The minimum absolute atomic E-state index is 0.142. The highest BCUT2D eigenvalue weighted by atomic mass is 16.6. The molecule has 0 aromatic carbocycles. The van der Waals surface area contributed by atoms with Crippen molar-refractivity contribution in [2.45, 2.75) is 20.0 Å². The first kappa shape index (κ1) is 11.4. The predicted octanol–water partition coefficient (Wildman–Crippen LogP) is 0.254. The highest BCUT2D eigenvalue weighted by Gasteiger charge is 2.06. The van der Waals surface area contributed by atoms with Crippen molar-refractivity contribution in [3.63, 3.8) is 0 Å². The molecule has 1 unspecified atom stereocenters. The Bertz CT molecular complexity index is 341. The smallest absolute Gasteiger partial charge is 0.392 e. The maximum Gasteiger partial charge on any atom is 0.414 e. The molecule has 0 radical (unpaired) electrons. The van der Waals surface area contributed by atoms with Gasteiger partial charge in [0.1, 0.15) is 6.33 Å². The largest absolute Gasteiger partial charge is 0.414 e. The summed E-state index contributed by atoms with van der Waals surface area (Å²) in [7, 11) is 0. The Balaban J connectivity index is 2.44. The van der Waals surface area contributed by atoms with Crippen molar-refractivity contribution in [3.8, 4) is 5.88 Å². The molecule has 6 heteroatoms. The fraction of sp³-hybridized carbons (Fsp3) is 0.444. The lowest BCUT2D eigenvalue weighted by Crippen LogP contribution is -2.33. The van der Waals surface area contributed by atoms with Gasteiger partial charge in [-0.1, -0.05) is 0 Å². The molecule has 0 aliphatic carbocycles. The summed E-state index contributed by atoms with van der Waals surface area (Å²) in [6, 6.07) is 1.54. The molecule has 1 amide bonds. The minimum Gasteiger partial charge on any atom is -0.392 e. The topological polar surface area (TPSA) is 84.3 Å². The van der Waals surface area contributed by atoms with Gasteiger partial charge in [-0.25, -0.2) is 14.8 Å². The maximum absolute atomic E-state index is 11.1. The molecule has 0 aliphatic rings. The van der Waals surface area contributed by atoms with Crippen LogP contribution in [0.3, 0.4) is 0 Å². The van der Waals surface area contributed by atoms with Crippen molar-refractivity contribution in [2.75, 3.05) is 6.54 Å². The standard InChI is InChI=1S/C9H13N3O3/c1-6-3-8(12-5-11-6)15-9(14)10-4-7(2)13/h3,5,7,13H,4H2,1-2H3,(H,10,14). The SMILES string of the molecule is Cc1cc(OC(=O)NCC(C)O)ncn1. The normalized spacial score (nSPS) is 11.9. The Hall–Kier alpha value is -1.69. The summed E-state index contributed by atoms with van der Waals surface area (Å²) in [5.74, 6) is 0.186. The summed E-state index contributed by atoms with van der Waals surface area (Å²) < 4.78 is 4.83. The van der Waals surface area contributed by atoms with Crippen LogP contribution in [0.2, 0.25) is 0 Å². The van der Waals surface area contributed by atoms with Gasteiger partial charge >= 0.3 is 6.09 Å². The van der Waals surface area contributed by atoms with E-state index in [2.05, 4.69) is 15.3 Å². The predicted molar refractivity (Wildman–Crippen MR) is 52.5 cm³/mol. The minimum atomic E-state index is -0.644. The molecular formula is C9H13N3O3. The molecule has 1 aromatic rings. The highest BCUT2D eigenvalue weighted by Crippen LogP contribution is 2.05. The number of ether oxygens (including phenoxy) is 1. The average molecular weight is 211 g/mol. The summed E-state index contributed by atoms with van der Waals surface area (Å²) in [6.07, 6.45) is 0.0609. The number of carbonyl (C=O) groups is 1. The summed E-state index contributed by atoms with van der Waals surface area (Å²) in [6.45, 7) is 3.47. The molecule has 82 valence electrons. The van der Waals surface area contributed by atoms with Crippen LogP contribution in [0.4, 0.5) is 4.79 Å². The first-order chi connectivity index (χ1) is 7.08. The van der Waals surface area contributed by atoms with Crippen molar-refractivity contribution in [2.24, 2.45) is 0 Å². The van der Waals surface area contributed by atoms with E-state index in [1.54, 1.807) is 19.9 Å². The number of aliphatic hydroxyl groups is 1. The molecule has 0 spiro atoms. The Labute approximate surface area is 87.3 Å². The van der Waals surface area contributed by atoms with E-state index in [-0.39, 0.29) is 12.4 Å². The van der Waals surface area contributed by atoms with Crippen LogP contribution in [0, 0.1) is 6.92 Å². The van der Waals surface area contributed by atoms with Crippen molar-refractivity contribution in [1.82, 2.24) is 15.3 Å². The monoisotopic (exact) mass is 211 g/mol. The van der Waals surface area contributed by atoms with Crippen LogP contribution in [0.1, 0.15) is 12.6 Å². The maximum atomic E-state index is 11.1. The Morgan fingerprint density at radius 3 is 3.00 bits per heavy atom. The molecule has 1 atom stereocenters. The zero-order valence-corrected chi connectivity index (χ0v) is 8.60. The van der Waals surface area contributed by atoms with Crippen LogP contribution in [-0.2, 0) is 0 Å². The summed E-state index contributed by atoms with van der Waals surface area (Å²) in [5.41, 5.74) is 0.711. The Morgan fingerprint density at radius 1 is 1.67 bits per heavy atom. The van der Waals surface area contributed by atoms with E-state index in [0.29, 0.717) is 5.69 Å². The van der Waals surface area contributed by atoms with Gasteiger partial charge < -0.3 is 15.2 Å². The number of nitrogens with zero attached hydrogens (tertiary/aromatic N) is 2. The molecule has 2 N–H and O–H groups in total. The van der Waals surface area contributed by atoms with E-state index in [9.17, 15) is 4.79 Å². The molecule has 1 rings (SSSR count). The first-order valence-corrected chi connectivity index (χ1v) is 4.50. The first-order valence-electron chi connectivity index (χ1n) is 4.50. The third-order valence-electron chi connectivity index (χ3n) is 1.52. The van der Waals surface area contributed by atoms with Crippen molar-refractivity contribution in [3.05, 3.63) is 18.1 Å². The number of aliphatic hydroxyl groups excluding tert-OH is 1. The van der Waals surface area contributed by atoms with Gasteiger partial charge in [-0.05, 0) is 13.8 Å². The molecule has 0 bridgehead atoms. The fourth-order valence-corrected chi connectivity index (χ4v) is 0.848. The van der Waals surface area contributed by atoms with Crippen LogP contribution in [0.25, 0.3) is 0 Å². The fourth-order valence-electron chi connectivity index (χ4n) is 0.848. The van der Waals surface area contributed by atoms with Gasteiger partial charge in [-0.2, -0.15) is 0 Å². The highest BCUT2D eigenvalue weighted by molar-refractivity contribution is 5.69. The van der Waals surface area contributed by atoms with E-state index in [1.807, 2.05) is 0 Å². The molecule has 0 fully saturated rings. The summed E-state index contributed by atoms with van der Waals surface area (Å²) in [5, 5.41) is 11.3. The van der Waals surface area contributed by atoms with Crippen LogP contribution in [0.15, 0.2) is 12.4 Å².